The smallest absolute Gasteiger partial charge is 0.211 e. The molecule has 20 heavy (non-hydrogen) atoms. The van der Waals surface area contributed by atoms with Gasteiger partial charge in [0.15, 0.2) is 0 Å². The summed E-state index contributed by atoms with van der Waals surface area (Å²) in [5, 5.41) is 0. The van der Waals surface area contributed by atoms with Gasteiger partial charge in [0, 0.05) is 32.2 Å². The third-order valence-electron chi connectivity index (χ3n) is 4.86. The molecule has 6 heteroatoms. The van der Waals surface area contributed by atoms with Crippen molar-refractivity contribution in [1.82, 2.24) is 9.21 Å². The molecule has 2 fully saturated rings. The first-order valence-electron chi connectivity index (χ1n) is 7.61. The third-order valence-corrected chi connectivity index (χ3v) is 6.13. The SMILES string of the molecule is CC1(C)CN(CC2CCCN(S(C)(=O)=O)C2)CCC1N. The van der Waals surface area contributed by atoms with Crippen LogP contribution in [0.15, 0.2) is 0 Å². The summed E-state index contributed by atoms with van der Waals surface area (Å²) in [6.07, 6.45) is 4.47. The van der Waals surface area contributed by atoms with Gasteiger partial charge in [0.25, 0.3) is 0 Å². The lowest BCUT2D eigenvalue weighted by molar-refractivity contribution is 0.0726. The summed E-state index contributed by atoms with van der Waals surface area (Å²) in [5.74, 6) is 0.462. The number of hydrogen-bond donors (Lipinski definition) is 1. The maximum absolute atomic E-state index is 11.7. The van der Waals surface area contributed by atoms with Crippen LogP contribution in [-0.2, 0) is 10.0 Å². The number of rotatable bonds is 3. The highest BCUT2D eigenvalue weighted by molar-refractivity contribution is 7.88. The Bertz CT molecular complexity index is 436. The highest BCUT2D eigenvalue weighted by Crippen LogP contribution is 2.29. The first-order valence-corrected chi connectivity index (χ1v) is 9.46. The maximum Gasteiger partial charge on any atom is 0.211 e. The molecule has 0 saturated carbocycles. The maximum atomic E-state index is 11.7. The van der Waals surface area contributed by atoms with Gasteiger partial charge in [-0.15, -0.1) is 0 Å². The van der Waals surface area contributed by atoms with Crippen LogP contribution in [0.1, 0.15) is 33.1 Å². The number of likely N-dealkylation sites (tertiary alicyclic amines) is 1. The van der Waals surface area contributed by atoms with Gasteiger partial charge in [0.1, 0.15) is 0 Å². The lowest BCUT2D eigenvalue weighted by Crippen LogP contribution is -2.54. The van der Waals surface area contributed by atoms with E-state index in [1.165, 1.54) is 6.26 Å². The fourth-order valence-electron chi connectivity index (χ4n) is 3.48. The van der Waals surface area contributed by atoms with Crippen molar-refractivity contribution in [2.75, 3.05) is 39.0 Å². The lowest BCUT2D eigenvalue weighted by Gasteiger charge is -2.44. The van der Waals surface area contributed by atoms with Gasteiger partial charge in [0.05, 0.1) is 6.26 Å². The second-order valence-corrected chi connectivity index (χ2v) is 9.23. The molecular formula is C14H29N3O2S. The fraction of sp³-hybridized carbons (Fsp3) is 1.00. The fourth-order valence-corrected chi connectivity index (χ4v) is 4.43. The molecule has 0 aromatic rings. The Kier molecular flexibility index (Phi) is 4.79. The van der Waals surface area contributed by atoms with Crippen molar-refractivity contribution in [2.24, 2.45) is 17.1 Å². The van der Waals surface area contributed by atoms with E-state index in [2.05, 4.69) is 18.7 Å². The normalized spacial score (nSPS) is 33.2. The summed E-state index contributed by atoms with van der Waals surface area (Å²) >= 11 is 0. The summed E-state index contributed by atoms with van der Waals surface area (Å²) in [6, 6.07) is 0.276. The van der Waals surface area contributed by atoms with Gasteiger partial charge in [-0.05, 0) is 37.1 Å². The Morgan fingerprint density at radius 3 is 2.55 bits per heavy atom. The second kappa shape index (κ2) is 5.91. The molecule has 5 nitrogen and oxygen atoms in total. The van der Waals surface area contributed by atoms with E-state index in [9.17, 15) is 8.42 Å². The van der Waals surface area contributed by atoms with Crippen molar-refractivity contribution in [3.8, 4) is 0 Å². The van der Waals surface area contributed by atoms with E-state index >= 15 is 0 Å². The number of piperidine rings is 2. The first kappa shape index (κ1) is 16.2. The lowest BCUT2D eigenvalue weighted by atomic mass is 9.79. The number of nitrogens with zero attached hydrogens (tertiary/aromatic N) is 2. The molecule has 2 atom stereocenters. The van der Waals surface area contributed by atoms with E-state index in [0.717, 1.165) is 38.9 Å². The Hall–Kier alpha value is -0.170. The standard InChI is InChI=1S/C14H29N3O2S/c1-14(2)11-16(8-6-13(14)15)9-12-5-4-7-17(10-12)20(3,18)19/h12-13H,4-11,15H2,1-3H3. The molecule has 2 unspecified atom stereocenters. The zero-order valence-electron chi connectivity index (χ0n) is 13.0. The largest absolute Gasteiger partial charge is 0.327 e. The molecule has 0 aromatic carbocycles. The molecule has 0 radical (unpaired) electrons. The Morgan fingerprint density at radius 2 is 1.95 bits per heavy atom. The molecule has 2 aliphatic heterocycles. The Morgan fingerprint density at radius 1 is 1.25 bits per heavy atom. The molecule has 2 N–H and O–H groups in total. The van der Waals surface area contributed by atoms with Crippen molar-refractivity contribution in [3.63, 3.8) is 0 Å². The van der Waals surface area contributed by atoms with Crippen LogP contribution in [0.3, 0.4) is 0 Å². The molecule has 0 bridgehead atoms. The summed E-state index contributed by atoms with van der Waals surface area (Å²) in [4.78, 5) is 2.47. The zero-order chi connectivity index (χ0) is 15.0. The quantitative estimate of drug-likeness (QED) is 0.834. The van der Waals surface area contributed by atoms with Crippen molar-refractivity contribution < 1.29 is 8.42 Å². The van der Waals surface area contributed by atoms with Crippen molar-refractivity contribution >= 4 is 10.0 Å². The highest BCUT2D eigenvalue weighted by atomic mass is 32.2. The monoisotopic (exact) mass is 303 g/mol. The Labute approximate surface area is 123 Å². The molecule has 2 saturated heterocycles. The van der Waals surface area contributed by atoms with Crippen LogP contribution < -0.4 is 5.73 Å². The molecule has 2 aliphatic rings. The minimum absolute atomic E-state index is 0.156. The third kappa shape index (κ3) is 3.93. The molecule has 0 aliphatic carbocycles. The Balaban J connectivity index is 1.90. The first-order chi connectivity index (χ1) is 9.18. The van der Waals surface area contributed by atoms with E-state index in [4.69, 9.17) is 5.73 Å². The number of nitrogens with two attached hydrogens (primary N) is 1. The van der Waals surface area contributed by atoms with Crippen molar-refractivity contribution in [2.45, 2.75) is 39.2 Å². The van der Waals surface area contributed by atoms with Gasteiger partial charge >= 0.3 is 0 Å². The predicted molar refractivity (Wildman–Crippen MR) is 82.0 cm³/mol. The molecular weight excluding hydrogens is 274 g/mol. The molecule has 2 rings (SSSR count). The molecule has 0 amide bonds. The predicted octanol–water partition coefficient (Wildman–Crippen LogP) is 0.717. The molecule has 0 aromatic heterocycles. The van der Waals surface area contributed by atoms with E-state index < -0.39 is 10.0 Å². The number of hydrogen-bond acceptors (Lipinski definition) is 4. The van der Waals surface area contributed by atoms with Crippen LogP contribution in [0.5, 0.6) is 0 Å². The van der Waals surface area contributed by atoms with Crippen LogP contribution in [0.2, 0.25) is 0 Å². The summed E-state index contributed by atoms with van der Waals surface area (Å²) in [5.41, 5.74) is 6.33. The molecule has 118 valence electrons. The van der Waals surface area contributed by atoms with Gasteiger partial charge in [-0.2, -0.15) is 0 Å². The molecule has 0 spiro atoms. The minimum atomic E-state index is -3.04. The van der Waals surface area contributed by atoms with E-state index in [1.54, 1.807) is 4.31 Å². The van der Waals surface area contributed by atoms with Crippen LogP contribution in [-0.4, -0.2) is 62.6 Å². The zero-order valence-corrected chi connectivity index (χ0v) is 13.8. The van der Waals surface area contributed by atoms with Crippen LogP contribution in [0, 0.1) is 11.3 Å². The topological polar surface area (TPSA) is 66.6 Å². The van der Waals surface area contributed by atoms with Gasteiger partial charge in [0.2, 0.25) is 10.0 Å². The highest BCUT2D eigenvalue weighted by Gasteiger charge is 2.35. The van der Waals surface area contributed by atoms with Crippen LogP contribution in [0.4, 0.5) is 0 Å². The average Bonchev–Trinajstić information content (AvgIpc) is 2.33. The van der Waals surface area contributed by atoms with Crippen LogP contribution >= 0.6 is 0 Å². The van der Waals surface area contributed by atoms with Gasteiger partial charge < -0.3 is 10.6 Å². The second-order valence-electron chi connectivity index (χ2n) is 7.25. The van der Waals surface area contributed by atoms with E-state index in [1.807, 2.05) is 0 Å². The van der Waals surface area contributed by atoms with E-state index in [0.29, 0.717) is 19.0 Å². The van der Waals surface area contributed by atoms with Crippen molar-refractivity contribution in [1.29, 1.82) is 0 Å². The number of sulfonamides is 1. The van der Waals surface area contributed by atoms with Crippen molar-refractivity contribution in [3.05, 3.63) is 0 Å². The average molecular weight is 303 g/mol. The van der Waals surface area contributed by atoms with Gasteiger partial charge in [-0.1, -0.05) is 13.8 Å². The van der Waals surface area contributed by atoms with E-state index in [-0.39, 0.29) is 11.5 Å². The minimum Gasteiger partial charge on any atom is -0.327 e. The summed E-state index contributed by atoms with van der Waals surface area (Å²) in [7, 11) is -3.04. The van der Waals surface area contributed by atoms with Gasteiger partial charge in [-0.25, -0.2) is 12.7 Å². The molecule has 2 heterocycles. The summed E-state index contributed by atoms with van der Waals surface area (Å²) < 4.78 is 25.0. The summed E-state index contributed by atoms with van der Waals surface area (Å²) in [6.45, 7) is 8.89. The van der Waals surface area contributed by atoms with Gasteiger partial charge in [-0.3, -0.25) is 0 Å². The van der Waals surface area contributed by atoms with Crippen LogP contribution in [0.25, 0.3) is 0 Å².